The second-order valence-corrected chi connectivity index (χ2v) is 3.13. The zero-order valence-corrected chi connectivity index (χ0v) is 8.22. The molecule has 0 aromatic heterocycles. The summed E-state index contributed by atoms with van der Waals surface area (Å²) in [6.45, 7) is 9.22. The summed E-state index contributed by atoms with van der Waals surface area (Å²) in [7, 11) is 0. The van der Waals surface area contributed by atoms with E-state index >= 15 is 0 Å². The van der Waals surface area contributed by atoms with E-state index in [1.807, 2.05) is 13.8 Å². The molecular weight excluding hydrogens is 154 g/mol. The van der Waals surface area contributed by atoms with Crippen LogP contribution in [0.2, 0.25) is 0 Å². The number of hydrogen-bond acceptors (Lipinski definition) is 3. The molecule has 72 valence electrons. The molecule has 0 atom stereocenters. The van der Waals surface area contributed by atoms with Gasteiger partial charge < -0.3 is 10.1 Å². The van der Waals surface area contributed by atoms with Crippen molar-refractivity contribution in [2.75, 3.05) is 26.3 Å². The Morgan fingerprint density at radius 2 is 1.75 bits per heavy atom. The first-order valence-corrected chi connectivity index (χ1v) is 4.43. The number of rotatable bonds is 1. The van der Waals surface area contributed by atoms with Crippen LogP contribution in [0.1, 0.15) is 20.8 Å². The topological polar surface area (TPSA) is 38.3 Å². The summed E-state index contributed by atoms with van der Waals surface area (Å²) >= 11 is 0. The summed E-state index contributed by atoms with van der Waals surface area (Å²) in [5.74, 6) is 0.472. The Hall–Kier alpha value is -0.410. The zero-order chi connectivity index (χ0) is 9.40. The first-order chi connectivity index (χ1) is 5.64. The smallest absolute Gasteiger partial charge is 0.132 e. The Balaban J connectivity index is 0.000000202. The number of morpholine rings is 1. The molecule has 3 nitrogen and oxygen atoms in total. The molecule has 0 saturated carbocycles. The molecule has 1 saturated heterocycles. The van der Waals surface area contributed by atoms with Gasteiger partial charge in [0.15, 0.2) is 0 Å². The van der Waals surface area contributed by atoms with E-state index in [9.17, 15) is 4.79 Å². The Bertz CT molecular complexity index is 108. The van der Waals surface area contributed by atoms with E-state index in [2.05, 4.69) is 5.32 Å². The molecule has 0 unspecified atom stereocenters. The second kappa shape index (κ2) is 7.25. The summed E-state index contributed by atoms with van der Waals surface area (Å²) in [6, 6.07) is 0. The van der Waals surface area contributed by atoms with Gasteiger partial charge in [0.1, 0.15) is 5.78 Å². The van der Waals surface area contributed by atoms with Gasteiger partial charge in [-0.3, -0.25) is 4.79 Å². The fourth-order valence-corrected chi connectivity index (χ4v) is 0.516. The monoisotopic (exact) mass is 173 g/mol. The van der Waals surface area contributed by atoms with Crippen molar-refractivity contribution in [1.82, 2.24) is 5.32 Å². The van der Waals surface area contributed by atoms with Crippen molar-refractivity contribution in [1.29, 1.82) is 0 Å². The van der Waals surface area contributed by atoms with Gasteiger partial charge in [0, 0.05) is 19.0 Å². The van der Waals surface area contributed by atoms with Gasteiger partial charge in [0.05, 0.1) is 13.2 Å². The molecule has 0 aromatic carbocycles. The number of ether oxygens (including phenoxy) is 1. The Morgan fingerprint density at radius 1 is 1.33 bits per heavy atom. The molecule has 0 amide bonds. The lowest BCUT2D eigenvalue weighted by molar-refractivity contribution is -0.119. The second-order valence-electron chi connectivity index (χ2n) is 3.13. The maximum Gasteiger partial charge on any atom is 0.132 e. The van der Waals surface area contributed by atoms with Crippen molar-refractivity contribution in [3.05, 3.63) is 0 Å². The van der Waals surface area contributed by atoms with Gasteiger partial charge in [-0.1, -0.05) is 13.8 Å². The lowest BCUT2D eigenvalue weighted by atomic mass is 10.1. The van der Waals surface area contributed by atoms with Crippen LogP contribution in [0, 0.1) is 5.92 Å². The summed E-state index contributed by atoms with van der Waals surface area (Å²) < 4.78 is 5.01. The molecule has 1 aliphatic rings. The van der Waals surface area contributed by atoms with Crippen molar-refractivity contribution < 1.29 is 9.53 Å². The summed E-state index contributed by atoms with van der Waals surface area (Å²) in [4.78, 5) is 10.1. The lowest BCUT2D eigenvalue weighted by Gasteiger charge is -2.10. The van der Waals surface area contributed by atoms with Crippen LogP contribution in [0.3, 0.4) is 0 Å². The van der Waals surface area contributed by atoms with Gasteiger partial charge in [-0.05, 0) is 6.92 Å². The van der Waals surface area contributed by atoms with Gasteiger partial charge in [0.25, 0.3) is 0 Å². The van der Waals surface area contributed by atoms with Crippen molar-refractivity contribution in [3.63, 3.8) is 0 Å². The molecular formula is C9H19NO2. The van der Waals surface area contributed by atoms with E-state index in [0.29, 0.717) is 0 Å². The molecule has 0 spiro atoms. The zero-order valence-electron chi connectivity index (χ0n) is 8.22. The van der Waals surface area contributed by atoms with E-state index < -0.39 is 0 Å². The van der Waals surface area contributed by atoms with Crippen LogP contribution in [0.25, 0.3) is 0 Å². The third-order valence-electron chi connectivity index (χ3n) is 1.66. The number of carbonyl (C=O) groups excluding carboxylic acids is 1. The Kier molecular flexibility index (Phi) is 7.00. The number of Topliss-reactive ketones (excluding diaryl/α,β-unsaturated/α-hetero) is 1. The minimum Gasteiger partial charge on any atom is -0.379 e. The van der Waals surface area contributed by atoms with Gasteiger partial charge in [-0.15, -0.1) is 0 Å². The average molecular weight is 173 g/mol. The van der Waals surface area contributed by atoms with Gasteiger partial charge in [-0.25, -0.2) is 0 Å². The minimum atomic E-state index is 0.213. The van der Waals surface area contributed by atoms with E-state index in [0.717, 1.165) is 26.3 Å². The molecule has 0 bridgehead atoms. The van der Waals surface area contributed by atoms with Crippen LogP contribution in [-0.2, 0) is 9.53 Å². The van der Waals surface area contributed by atoms with E-state index in [1.54, 1.807) is 6.92 Å². The highest BCUT2D eigenvalue weighted by atomic mass is 16.5. The van der Waals surface area contributed by atoms with E-state index in [4.69, 9.17) is 4.74 Å². The molecule has 0 aromatic rings. The minimum absolute atomic E-state index is 0.213. The fourth-order valence-electron chi connectivity index (χ4n) is 0.516. The van der Waals surface area contributed by atoms with Gasteiger partial charge in [-0.2, -0.15) is 0 Å². The van der Waals surface area contributed by atoms with E-state index in [-0.39, 0.29) is 11.7 Å². The van der Waals surface area contributed by atoms with E-state index in [1.165, 1.54) is 0 Å². The molecule has 0 aliphatic carbocycles. The molecule has 1 aliphatic heterocycles. The van der Waals surface area contributed by atoms with Crippen molar-refractivity contribution in [2.45, 2.75) is 20.8 Å². The Labute approximate surface area is 74.5 Å². The first kappa shape index (κ1) is 11.6. The van der Waals surface area contributed by atoms with Crippen LogP contribution >= 0.6 is 0 Å². The quantitative estimate of drug-likeness (QED) is 0.638. The molecule has 1 heterocycles. The predicted octanol–water partition coefficient (Wildman–Crippen LogP) is 0.838. The summed E-state index contributed by atoms with van der Waals surface area (Å²) in [5, 5.41) is 3.16. The van der Waals surface area contributed by atoms with Crippen LogP contribution in [0.5, 0.6) is 0 Å². The first-order valence-electron chi connectivity index (χ1n) is 4.43. The van der Waals surface area contributed by atoms with Gasteiger partial charge in [0.2, 0.25) is 0 Å². The largest absolute Gasteiger partial charge is 0.379 e. The fraction of sp³-hybridized carbons (Fsp3) is 0.889. The predicted molar refractivity (Wildman–Crippen MR) is 49.2 cm³/mol. The number of ketones is 1. The SMILES string of the molecule is C1COCCN1.CC(=O)C(C)C. The molecule has 0 radical (unpaired) electrons. The molecule has 1 fully saturated rings. The molecule has 3 heteroatoms. The number of hydrogen-bond donors (Lipinski definition) is 1. The van der Waals surface area contributed by atoms with Crippen LogP contribution in [-0.4, -0.2) is 32.1 Å². The van der Waals surface area contributed by atoms with Crippen LogP contribution < -0.4 is 5.32 Å². The average Bonchev–Trinajstić information content (AvgIpc) is 2.08. The summed E-state index contributed by atoms with van der Waals surface area (Å²) in [5.41, 5.74) is 0. The standard InChI is InChI=1S/C5H10O.C4H9NO/c1-4(2)5(3)6;1-3-6-4-2-5-1/h4H,1-3H3;5H,1-4H2. The maximum atomic E-state index is 10.1. The summed E-state index contributed by atoms with van der Waals surface area (Å²) in [6.07, 6.45) is 0. The molecule has 1 rings (SSSR count). The van der Waals surface area contributed by atoms with Crippen LogP contribution in [0.15, 0.2) is 0 Å². The van der Waals surface area contributed by atoms with Crippen molar-refractivity contribution in [3.8, 4) is 0 Å². The van der Waals surface area contributed by atoms with Gasteiger partial charge >= 0.3 is 0 Å². The highest BCUT2D eigenvalue weighted by Gasteiger charge is 1.95. The van der Waals surface area contributed by atoms with Crippen LogP contribution in [0.4, 0.5) is 0 Å². The lowest BCUT2D eigenvalue weighted by Crippen LogP contribution is -2.30. The number of carbonyl (C=O) groups is 1. The molecule has 12 heavy (non-hydrogen) atoms. The number of nitrogens with one attached hydrogen (secondary N) is 1. The van der Waals surface area contributed by atoms with Crippen molar-refractivity contribution in [2.24, 2.45) is 5.92 Å². The highest BCUT2D eigenvalue weighted by Crippen LogP contribution is 1.89. The third-order valence-corrected chi connectivity index (χ3v) is 1.66. The van der Waals surface area contributed by atoms with Crippen molar-refractivity contribution >= 4 is 5.78 Å². The Morgan fingerprint density at radius 3 is 1.83 bits per heavy atom. The third kappa shape index (κ3) is 7.69. The normalized spacial score (nSPS) is 16.7. The maximum absolute atomic E-state index is 10.1. The molecule has 1 N–H and O–H groups in total. The highest BCUT2D eigenvalue weighted by molar-refractivity contribution is 5.77.